The summed E-state index contributed by atoms with van der Waals surface area (Å²) in [4.78, 5) is 34.9. The summed E-state index contributed by atoms with van der Waals surface area (Å²) >= 11 is 0. The minimum atomic E-state index is -0.863. The van der Waals surface area contributed by atoms with Gasteiger partial charge in [-0.1, -0.05) is 11.6 Å². The Balaban J connectivity index is 2.53. The first-order valence-electron chi connectivity index (χ1n) is 8.55. The minimum absolute atomic E-state index is 0.0400. The number of anilines is 1. The quantitative estimate of drug-likeness (QED) is 0.498. The molecule has 0 saturated carbocycles. The van der Waals surface area contributed by atoms with E-state index in [9.17, 15) is 14.4 Å². The van der Waals surface area contributed by atoms with E-state index in [0.717, 1.165) is 11.1 Å². The summed E-state index contributed by atoms with van der Waals surface area (Å²) in [5.74, 6) is -0.783. The highest BCUT2D eigenvalue weighted by atomic mass is 16.5. The molecule has 1 aliphatic rings. The van der Waals surface area contributed by atoms with Crippen LogP contribution in [0.25, 0.3) is 0 Å². The second kappa shape index (κ2) is 8.57. The third-order valence-corrected chi connectivity index (χ3v) is 4.53. The number of rotatable bonds is 7. The fraction of sp³-hybridized carbons (Fsp3) is 0.421. The van der Waals surface area contributed by atoms with Gasteiger partial charge in [-0.05, 0) is 32.3 Å². The van der Waals surface area contributed by atoms with Crippen LogP contribution in [0.1, 0.15) is 46.8 Å². The molecule has 0 bridgehead atoms. The number of aliphatic carboxylic acids is 1. The lowest BCUT2D eigenvalue weighted by Crippen LogP contribution is -2.26. The van der Waals surface area contributed by atoms with Gasteiger partial charge in [-0.15, -0.1) is 0 Å². The molecule has 2 amide bonds. The molecule has 0 saturated heterocycles. The molecule has 8 nitrogen and oxygen atoms in total. The molecule has 1 aromatic carbocycles. The predicted molar refractivity (Wildman–Crippen MR) is 99.3 cm³/mol. The average molecular weight is 376 g/mol. The van der Waals surface area contributed by atoms with Crippen LogP contribution in [0.2, 0.25) is 0 Å². The number of carboxylic acids is 1. The fourth-order valence-electron chi connectivity index (χ4n) is 3.05. The maximum absolute atomic E-state index is 12.3. The summed E-state index contributed by atoms with van der Waals surface area (Å²) in [5, 5.41) is 14.0. The number of carbonyl (C=O) groups is 3. The Hall–Kier alpha value is -3.03. The number of fused-ring (bicyclic) bond motifs is 1. The van der Waals surface area contributed by atoms with Crippen LogP contribution < -0.4 is 15.4 Å². The van der Waals surface area contributed by atoms with Crippen LogP contribution in [0.5, 0.6) is 5.75 Å². The summed E-state index contributed by atoms with van der Waals surface area (Å²) < 4.78 is 10.7. The van der Waals surface area contributed by atoms with Crippen LogP contribution in [-0.4, -0.2) is 37.2 Å². The number of allylic oxidation sites excluding steroid dienone is 2. The van der Waals surface area contributed by atoms with Crippen LogP contribution in [0.3, 0.4) is 0 Å². The van der Waals surface area contributed by atoms with Crippen LogP contribution >= 0.6 is 0 Å². The topological polar surface area (TPSA) is 114 Å². The van der Waals surface area contributed by atoms with Crippen LogP contribution in [0, 0.1) is 6.92 Å². The molecule has 1 heterocycles. The SMILES string of the molecule is CNC(=O)Nc1c(CC=C(C)CCC(=O)O)c(OC)c(C)c2c1C(=O)OC2. The van der Waals surface area contributed by atoms with Crippen molar-refractivity contribution in [1.29, 1.82) is 0 Å². The summed E-state index contributed by atoms with van der Waals surface area (Å²) in [6.07, 6.45) is 2.71. The van der Waals surface area contributed by atoms with Crippen molar-refractivity contribution in [2.45, 2.75) is 39.7 Å². The Kier molecular flexibility index (Phi) is 6.44. The van der Waals surface area contributed by atoms with E-state index >= 15 is 0 Å². The van der Waals surface area contributed by atoms with Crippen LogP contribution in [-0.2, 0) is 22.6 Å². The van der Waals surface area contributed by atoms with E-state index in [4.69, 9.17) is 14.6 Å². The number of carbonyl (C=O) groups excluding carboxylic acids is 2. The molecule has 2 rings (SSSR count). The molecule has 0 aromatic heterocycles. The van der Waals surface area contributed by atoms with E-state index in [1.165, 1.54) is 14.2 Å². The maximum atomic E-state index is 12.3. The number of carboxylic acid groups (broad SMARTS) is 1. The van der Waals surface area contributed by atoms with E-state index in [1.807, 2.05) is 19.9 Å². The fourth-order valence-corrected chi connectivity index (χ4v) is 3.05. The van der Waals surface area contributed by atoms with Gasteiger partial charge in [-0.25, -0.2) is 9.59 Å². The maximum Gasteiger partial charge on any atom is 0.341 e. The van der Waals surface area contributed by atoms with E-state index < -0.39 is 18.0 Å². The number of benzene rings is 1. The third kappa shape index (κ3) is 4.39. The normalized spacial score (nSPS) is 13.0. The molecule has 146 valence electrons. The number of urea groups is 1. The lowest BCUT2D eigenvalue weighted by molar-refractivity contribution is -0.136. The summed E-state index contributed by atoms with van der Waals surface area (Å²) in [5.41, 5.74) is 3.71. The standard InChI is InChI=1S/C19H24N2O6/c1-10(6-8-14(22)23)5-7-12-16(21-19(25)20-3)15-13(9-27-18(15)24)11(2)17(12)26-4/h5H,6-9H2,1-4H3,(H,22,23)(H2,20,21,25). The molecule has 0 atom stereocenters. The summed E-state index contributed by atoms with van der Waals surface area (Å²) in [6.45, 7) is 3.82. The van der Waals surface area contributed by atoms with Gasteiger partial charge in [0.05, 0.1) is 18.4 Å². The first-order valence-corrected chi connectivity index (χ1v) is 8.55. The Labute approximate surface area is 157 Å². The van der Waals surface area contributed by atoms with Gasteiger partial charge in [-0.3, -0.25) is 4.79 Å². The number of hydrogen-bond acceptors (Lipinski definition) is 5. The van der Waals surface area contributed by atoms with E-state index in [1.54, 1.807) is 0 Å². The number of nitrogens with one attached hydrogen (secondary N) is 2. The zero-order chi connectivity index (χ0) is 20.1. The Morgan fingerprint density at radius 2 is 2.04 bits per heavy atom. The first-order chi connectivity index (χ1) is 12.8. The Morgan fingerprint density at radius 3 is 2.63 bits per heavy atom. The molecule has 8 heteroatoms. The van der Waals surface area contributed by atoms with Crippen molar-refractivity contribution < 1.29 is 29.0 Å². The van der Waals surface area contributed by atoms with Crippen molar-refractivity contribution in [3.8, 4) is 5.75 Å². The number of hydrogen-bond donors (Lipinski definition) is 3. The highest BCUT2D eigenvalue weighted by Crippen LogP contribution is 2.41. The van der Waals surface area contributed by atoms with Crippen molar-refractivity contribution >= 4 is 23.7 Å². The predicted octanol–water partition coefficient (Wildman–Crippen LogP) is 2.78. The zero-order valence-electron chi connectivity index (χ0n) is 15.9. The zero-order valence-corrected chi connectivity index (χ0v) is 15.9. The third-order valence-electron chi connectivity index (χ3n) is 4.53. The van der Waals surface area contributed by atoms with Crippen LogP contribution in [0.15, 0.2) is 11.6 Å². The van der Waals surface area contributed by atoms with Crippen molar-refractivity contribution in [3.63, 3.8) is 0 Å². The van der Waals surface area contributed by atoms with Gasteiger partial charge in [0.15, 0.2) is 0 Å². The number of ether oxygens (including phenoxy) is 2. The van der Waals surface area contributed by atoms with Crippen molar-refractivity contribution in [2.75, 3.05) is 19.5 Å². The molecule has 1 aliphatic heterocycles. The monoisotopic (exact) mass is 376 g/mol. The van der Waals surface area contributed by atoms with Gasteiger partial charge in [-0.2, -0.15) is 0 Å². The van der Waals surface area contributed by atoms with Crippen molar-refractivity contribution in [3.05, 3.63) is 33.9 Å². The van der Waals surface area contributed by atoms with Gasteiger partial charge in [0.1, 0.15) is 12.4 Å². The number of methoxy groups -OCH3 is 1. The average Bonchev–Trinajstić information content (AvgIpc) is 3.02. The number of esters is 1. The highest BCUT2D eigenvalue weighted by molar-refractivity contribution is 6.05. The molecule has 0 spiro atoms. The lowest BCUT2D eigenvalue weighted by atomic mass is 9.93. The molecular formula is C19H24N2O6. The van der Waals surface area contributed by atoms with Gasteiger partial charge in [0.25, 0.3) is 0 Å². The van der Waals surface area contributed by atoms with Gasteiger partial charge in [0.2, 0.25) is 0 Å². The minimum Gasteiger partial charge on any atom is -0.496 e. The first kappa shape index (κ1) is 20.3. The smallest absolute Gasteiger partial charge is 0.341 e. The van der Waals surface area contributed by atoms with Crippen LogP contribution in [0.4, 0.5) is 10.5 Å². The van der Waals surface area contributed by atoms with Gasteiger partial charge < -0.3 is 25.2 Å². The molecule has 3 N–H and O–H groups in total. The molecule has 0 radical (unpaired) electrons. The summed E-state index contributed by atoms with van der Waals surface area (Å²) in [6, 6.07) is -0.462. The van der Waals surface area contributed by atoms with Gasteiger partial charge in [0, 0.05) is 24.6 Å². The Bertz CT molecular complexity index is 813. The second-order valence-corrected chi connectivity index (χ2v) is 6.29. The highest BCUT2D eigenvalue weighted by Gasteiger charge is 2.32. The molecule has 0 unspecified atom stereocenters. The second-order valence-electron chi connectivity index (χ2n) is 6.29. The number of amides is 2. The molecular weight excluding hydrogens is 352 g/mol. The molecule has 0 aliphatic carbocycles. The van der Waals surface area contributed by atoms with E-state index in [-0.39, 0.29) is 13.0 Å². The Morgan fingerprint density at radius 1 is 1.33 bits per heavy atom. The largest absolute Gasteiger partial charge is 0.496 e. The molecule has 27 heavy (non-hydrogen) atoms. The van der Waals surface area contributed by atoms with E-state index in [0.29, 0.717) is 41.0 Å². The van der Waals surface area contributed by atoms with Gasteiger partial charge >= 0.3 is 18.0 Å². The lowest BCUT2D eigenvalue weighted by Gasteiger charge is -2.19. The van der Waals surface area contributed by atoms with Crippen molar-refractivity contribution in [2.24, 2.45) is 0 Å². The molecule has 0 fully saturated rings. The van der Waals surface area contributed by atoms with Crippen molar-refractivity contribution in [1.82, 2.24) is 5.32 Å². The molecule has 1 aromatic rings. The van der Waals surface area contributed by atoms with E-state index in [2.05, 4.69) is 10.6 Å². The summed E-state index contributed by atoms with van der Waals surface area (Å²) in [7, 11) is 3.01. The number of cyclic esters (lactones) is 1.